The van der Waals surface area contributed by atoms with E-state index in [1.807, 2.05) is 5.38 Å². The summed E-state index contributed by atoms with van der Waals surface area (Å²) in [7, 11) is 0. The molecule has 2 aromatic carbocycles. The standard InChI is InChI=1S/C21H14ClN3O5S2/c1-12-11-31-21-23-14(8-19(26)24(12)21)10-30-20(27)17-9-15(25(28)29)4-7-18(17)32-16-5-2-13(22)3-6-16/h2-9,11H,10H2,1H3. The Labute approximate surface area is 194 Å². The number of halogens is 1. The maximum absolute atomic E-state index is 12.8. The summed E-state index contributed by atoms with van der Waals surface area (Å²) in [6.07, 6.45) is 0. The van der Waals surface area contributed by atoms with Gasteiger partial charge in [0.25, 0.3) is 11.2 Å². The van der Waals surface area contributed by atoms with Gasteiger partial charge in [-0.1, -0.05) is 23.4 Å². The molecule has 0 aliphatic carbocycles. The first kappa shape index (κ1) is 22.0. The highest BCUT2D eigenvalue weighted by Gasteiger charge is 2.19. The smallest absolute Gasteiger partial charge is 0.339 e. The van der Waals surface area contributed by atoms with Gasteiger partial charge in [-0.3, -0.25) is 19.3 Å². The fraction of sp³-hybridized carbons (Fsp3) is 0.0952. The van der Waals surface area contributed by atoms with Crippen LogP contribution in [0.25, 0.3) is 4.96 Å². The van der Waals surface area contributed by atoms with Gasteiger partial charge >= 0.3 is 5.97 Å². The summed E-state index contributed by atoms with van der Waals surface area (Å²) in [5.41, 5.74) is 0.608. The van der Waals surface area contributed by atoms with Crippen LogP contribution in [0.5, 0.6) is 0 Å². The number of nitrogens with zero attached hydrogens (tertiary/aromatic N) is 3. The average Bonchev–Trinajstić information content (AvgIpc) is 3.15. The lowest BCUT2D eigenvalue weighted by atomic mass is 10.2. The van der Waals surface area contributed by atoms with Crippen molar-refractivity contribution in [3.63, 3.8) is 0 Å². The summed E-state index contributed by atoms with van der Waals surface area (Å²) in [5, 5.41) is 13.6. The molecule has 0 unspecified atom stereocenters. The van der Waals surface area contributed by atoms with E-state index in [9.17, 15) is 19.7 Å². The number of fused-ring (bicyclic) bond motifs is 1. The second-order valence-electron chi connectivity index (χ2n) is 6.65. The number of hydrogen-bond acceptors (Lipinski definition) is 8. The lowest BCUT2D eigenvalue weighted by Gasteiger charge is -2.10. The van der Waals surface area contributed by atoms with Gasteiger partial charge in [-0.2, -0.15) is 0 Å². The number of esters is 1. The topological polar surface area (TPSA) is 104 Å². The molecule has 4 aromatic rings. The molecule has 0 aliphatic rings. The number of non-ortho nitro benzene ring substituents is 1. The lowest BCUT2D eigenvalue weighted by Crippen LogP contribution is -2.16. The van der Waals surface area contributed by atoms with E-state index in [0.29, 0.717) is 20.6 Å². The molecule has 0 N–H and O–H groups in total. The van der Waals surface area contributed by atoms with Crippen molar-refractivity contribution < 1.29 is 14.5 Å². The van der Waals surface area contributed by atoms with Gasteiger partial charge < -0.3 is 4.74 Å². The monoisotopic (exact) mass is 487 g/mol. The molecule has 8 nitrogen and oxygen atoms in total. The minimum atomic E-state index is -0.755. The third kappa shape index (κ3) is 4.67. The first-order valence-electron chi connectivity index (χ1n) is 9.17. The first-order chi connectivity index (χ1) is 15.3. The number of rotatable bonds is 6. The number of nitro groups is 1. The highest BCUT2D eigenvalue weighted by atomic mass is 35.5. The molecule has 0 radical (unpaired) electrons. The molecule has 0 atom stereocenters. The Morgan fingerprint density at radius 3 is 2.72 bits per heavy atom. The van der Waals surface area contributed by atoms with E-state index < -0.39 is 10.9 Å². The van der Waals surface area contributed by atoms with Crippen molar-refractivity contribution in [3.05, 3.63) is 96.4 Å². The Bertz CT molecular complexity index is 1400. The number of nitro benzene ring substituents is 1. The third-order valence-electron chi connectivity index (χ3n) is 4.42. The van der Waals surface area contributed by atoms with E-state index in [1.54, 1.807) is 31.2 Å². The molecule has 162 valence electrons. The number of benzene rings is 2. The van der Waals surface area contributed by atoms with Crippen molar-refractivity contribution in [3.8, 4) is 0 Å². The fourth-order valence-electron chi connectivity index (χ4n) is 2.90. The number of hydrogen-bond donors (Lipinski definition) is 0. The minimum Gasteiger partial charge on any atom is -0.456 e. The van der Waals surface area contributed by atoms with Crippen molar-refractivity contribution in [2.24, 2.45) is 0 Å². The van der Waals surface area contributed by atoms with Crippen molar-refractivity contribution >= 4 is 51.3 Å². The quantitative estimate of drug-likeness (QED) is 0.211. The molecule has 0 aliphatic heterocycles. The van der Waals surface area contributed by atoms with Gasteiger partial charge in [0.2, 0.25) is 0 Å². The van der Waals surface area contributed by atoms with Crippen LogP contribution >= 0.6 is 34.7 Å². The molecule has 0 bridgehead atoms. The Hall–Kier alpha value is -3.21. The van der Waals surface area contributed by atoms with Gasteiger partial charge in [-0.05, 0) is 37.3 Å². The van der Waals surface area contributed by atoms with Crippen molar-refractivity contribution in [2.75, 3.05) is 0 Å². The fourth-order valence-corrected chi connectivity index (χ4v) is 4.83. The summed E-state index contributed by atoms with van der Waals surface area (Å²) in [6.45, 7) is 1.56. The Balaban J connectivity index is 1.60. The zero-order valence-electron chi connectivity index (χ0n) is 16.5. The molecule has 2 heterocycles. The van der Waals surface area contributed by atoms with E-state index in [4.69, 9.17) is 16.3 Å². The zero-order valence-corrected chi connectivity index (χ0v) is 18.9. The molecule has 0 saturated heterocycles. The number of carbonyl (C=O) groups excluding carboxylic acids is 1. The lowest BCUT2D eigenvalue weighted by molar-refractivity contribution is -0.384. The van der Waals surface area contributed by atoms with Crippen molar-refractivity contribution in [1.29, 1.82) is 0 Å². The number of aryl methyl sites for hydroxylation is 1. The number of aromatic nitrogens is 2. The molecule has 0 amide bonds. The Morgan fingerprint density at radius 2 is 2.00 bits per heavy atom. The summed E-state index contributed by atoms with van der Waals surface area (Å²) < 4.78 is 6.82. The van der Waals surface area contributed by atoms with Crippen molar-refractivity contribution in [2.45, 2.75) is 23.3 Å². The molecular weight excluding hydrogens is 474 g/mol. The average molecular weight is 488 g/mol. The van der Waals surface area contributed by atoms with Gasteiger partial charge in [0.05, 0.1) is 16.2 Å². The van der Waals surface area contributed by atoms with Gasteiger partial charge in [0.1, 0.15) is 6.61 Å². The Morgan fingerprint density at radius 1 is 1.25 bits per heavy atom. The van der Waals surface area contributed by atoms with Crippen LogP contribution in [0.2, 0.25) is 5.02 Å². The normalized spacial score (nSPS) is 10.9. The summed E-state index contributed by atoms with van der Waals surface area (Å²) >= 11 is 8.47. The van der Waals surface area contributed by atoms with Crippen LogP contribution in [0.15, 0.2) is 68.5 Å². The summed E-state index contributed by atoms with van der Waals surface area (Å²) in [4.78, 5) is 41.9. The molecule has 0 saturated carbocycles. The second-order valence-corrected chi connectivity index (χ2v) is 9.04. The van der Waals surface area contributed by atoms with Gasteiger partial charge in [0, 0.05) is 44.1 Å². The first-order valence-corrected chi connectivity index (χ1v) is 11.2. The molecule has 2 aromatic heterocycles. The molecule has 4 rings (SSSR count). The van der Waals surface area contributed by atoms with E-state index in [0.717, 1.165) is 10.6 Å². The summed E-state index contributed by atoms with van der Waals surface area (Å²) in [5.74, 6) is -0.755. The minimum absolute atomic E-state index is 0.0453. The van der Waals surface area contributed by atoms with Crippen LogP contribution in [0, 0.1) is 17.0 Å². The predicted octanol–water partition coefficient (Wildman–Crippen LogP) is 5.13. The van der Waals surface area contributed by atoms with Gasteiger partial charge in [-0.25, -0.2) is 9.78 Å². The molecule has 0 spiro atoms. The van der Waals surface area contributed by atoms with Gasteiger partial charge in [0.15, 0.2) is 4.96 Å². The zero-order chi connectivity index (χ0) is 22.8. The van der Waals surface area contributed by atoms with Crippen LogP contribution < -0.4 is 5.56 Å². The predicted molar refractivity (Wildman–Crippen MR) is 122 cm³/mol. The van der Waals surface area contributed by atoms with E-state index in [1.165, 1.54) is 51.8 Å². The molecule has 0 fully saturated rings. The van der Waals surface area contributed by atoms with E-state index in [2.05, 4.69) is 4.98 Å². The van der Waals surface area contributed by atoms with Crippen LogP contribution in [0.1, 0.15) is 21.7 Å². The van der Waals surface area contributed by atoms with E-state index >= 15 is 0 Å². The third-order valence-corrected chi connectivity index (χ3v) is 6.69. The largest absolute Gasteiger partial charge is 0.456 e. The highest BCUT2D eigenvalue weighted by molar-refractivity contribution is 7.99. The van der Waals surface area contributed by atoms with Gasteiger partial charge in [-0.15, -0.1) is 11.3 Å². The summed E-state index contributed by atoms with van der Waals surface area (Å²) in [6, 6.07) is 12.3. The van der Waals surface area contributed by atoms with Crippen LogP contribution in [0.4, 0.5) is 5.69 Å². The second kappa shape index (κ2) is 9.11. The van der Waals surface area contributed by atoms with Crippen LogP contribution in [-0.2, 0) is 11.3 Å². The number of carbonyl (C=O) groups is 1. The molecule has 32 heavy (non-hydrogen) atoms. The van der Waals surface area contributed by atoms with E-state index in [-0.39, 0.29) is 23.4 Å². The Kier molecular flexibility index (Phi) is 6.26. The number of thiazole rings is 1. The van der Waals surface area contributed by atoms with Crippen LogP contribution in [-0.4, -0.2) is 20.3 Å². The SMILES string of the molecule is Cc1csc2nc(COC(=O)c3cc([N+](=O)[O-])ccc3Sc3ccc(Cl)cc3)cc(=O)n12. The van der Waals surface area contributed by atoms with Crippen molar-refractivity contribution in [1.82, 2.24) is 9.38 Å². The van der Waals surface area contributed by atoms with Crippen LogP contribution in [0.3, 0.4) is 0 Å². The molecule has 11 heteroatoms. The highest BCUT2D eigenvalue weighted by Crippen LogP contribution is 2.33. The maximum atomic E-state index is 12.8. The maximum Gasteiger partial charge on any atom is 0.339 e. The number of ether oxygens (including phenoxy) is 1. The molecular formula is C21H14ClN3O5S2.